The Kier molecular flexibility index (Phi) is 2.83. The van der Waals surface area contributed by atoms with Crippen molar-refractivity contribution in [3.05, 3.63) is 29.3 Å². The molecule has 3 heteroatoms. The quantitative estimate of drug-likeness (QED) is 0.875. The van der Waals surface area contributed by atoms with Crippen LogP contribution in [0, 0.1) is 0 Å². The van der Waals surface area contributed by atoms with E-state index in [0.717, 1.165) is 18.8 Å². The molecule has 2 aliphatic heterocycles. The summed E-state index contributed by atoms with van der Waals surface area (Å²) < 4.78 is 5.95. The number of hydrogen-bond donors (Lipinski definition) is 1. The largest absolute Gasteiger partial charge is 0.493 e. The number of hydrogen-bond acceptors (Lipinski definition) is 3. The molecule has 1 saturated heterocycles. The topological polar surface area (TPSA) is 35.2 Å². The van der Waals surface area contributed by atoms with Gasteiger partial charge >= 0.3 is 0 Å². The van der Waals surface area contributed by atoms with Gasteiger partial charge in [0.05, 0.1) is 6.61 Å². The van der Waals surface area contributed by atoms with Gasteiger partial charge in [0, 0.05) is 22.8 Å². The smallest absolute Gasteiger partial charge is 0.127 e. The van der Waals surface area contributed by atoms with E-state index in [1.54, 1.807) is 0 Å². The molecule has 0 saturated carbocycles. The first-order chi connectivity index (χ1) is 8.21. The summed E-state index contributed by atoms with van der Waals surface area (Å²) in [6, 6.07) is 6.50. The van der Waals surface area contributed by atoms with Gasteiger partial charge in [0.15, 0.2) is 0 Å². The molecule has 2 N–H and O–H groups in total. The third-order valence-electron chi connectivity index (χ3n) is 3.99. The summed E-state index contributed by atoms with van der Waals surface area (Å²) in [6.45, 7) is 3.10. The second kappa shape index (κ2) is 4.21. The van der Waals surface area contributed by atoms with E-state index in [-0.39, 0.29) is 10.8 Å². The van der Waals surface area contributed by atoms with Crippen molar-refractivity contribution < 1.29 is 4.74 Å². The molecule has 0 aromatic heterocycles. The SMILES string of the molecule is CC1(C(N)c2cccc3c2OCC3)CCCS1. The maximum atomic E-state index is 6.51. The number of ether oxygens (including phenoxy) is 1. The summed E-state index contributed by atoms with van der Waals surface area (Å²) in [6.07, 6.45) is 3.52. The molecule has 2 heterocycles. The normalized spacial score (nSPS) is 28.8. The molecule has 3 rings (SSSR count). The highest BCUT2D eigenvalue weighted by Crippen LogP contribution is 2.48. The van der Waals surface area contributed by atoms with Crippen LogP contribution in [-0.2, 0) is 6.42 Å². The Bertz CT molecular complexity index is 426. The van der Waals surface area contributed by atoms with Gasteiger partial charge in [-0.1, -0.05) is 18.2 Å². The Morgan fingerprint density at radius 3 is 3.12 bits per heavy atom. The van der Waals surface area contributed by atoms with Crippen LogP contribution < -0.4 is 10.5 Å². The minimum absolute atomic E-state index is 0.0862. The molecule has 17 heavy (non-hydrogen) atoms. The molecule has 2 aliphatic rings. The van der Waals surface area contributed by atoms with E-state index in [4.69, 9.17) is 10.5 Å². The monoisotopic (exact) mass is 249 g/mol. The molecular formula is C14H19NOS. The molecule has 0 bridgehead atoms. The van der Waals surface area contributed by atoms with E-state index in [2.05, 4.69) is 25.1 Å². The second-order valence-electron chi connectivity index (χ2n) is 5.18. The lowest BCUT2D eigenvalue weighted by molar-refractivity contribution is 0.347. The van der Waals surface area contributed by atoms with Crippen molar-refractivity contribution in [2.45, 2.75) is 37.0 Å². The van der Waals surface area contributed by atoms with Crippen molar-refractivity contribution in [2.75, 3.05) is 12.4 Å². The molecule has 1 fully saturated rings. The van der Waals surface area contributed by atoms with Crippen LogP contribution in [0.1, 0.15) is 36.9 Å². The standard InChI is InChI=1S/C14H19NOS/c1-14(7-3-9-17-14)13(15)11-5-2-4-10-6-8-16-12(10)11/h2,4-5,13H,3,6-9,15H2,1H3. The lowest BCUT2D eigenvalue weighted by atomic mass is 9.89. The highest BCUT2D eigenvalue weighted by Gasteiger charge is 2.38. The van der Waals surface area contributed by atoms with Gasteiger partial charge in [0.25, 0.3) is 0 Å². The first-order valence-electron chi connectivity index (χ1n) is 6.35. The van der Waals surface area contributed by atoms with E-state index in [1.807, 2.05) is 11.8 Å². The van der Waals surface area contributed by atoms with E-state index in [9.17, 15) is 0 Å². The molecule has 0 aliphatic carbocycles. The number of thioether (sulfide) groups is 1. The lowest BCUT2D eigenvalue weighted by Crippen LogP contribution is -2.33. The number of rotatable bonds is 2. The Morgan fingerprint density at radius 2 is 2.35 bits per heavy atom. The Hall–Kier alpha value is -0.670. The van der Waals surface area contributed by atoms with Gasteiger partial charge in [-0.2, -0.15) is 11.8 Å². The van der Waals surface area contributed by atoms with Gasteiger partial charge in [-0.05, 0) is 31.1 Å². The van der Waals surface area contributed by atoms with E-state index in [0.29, 0.717) is 0 Å². The van der Waals surface area contributed by atoms with Crippen molar-refractivity contribution >= 4 is 11.8 Å². The zero-order chi connectivity index (χ0) is 11.9. The molecule has 0 spiro atoms. The summed E-state index contributed by atoms with van der Waals surface area (Å²) in [5.41, 5.74) is 9.04. The minimum Gasteiger partial charge on any atom is -0.493 e. The molecule has 1 aromatic rings. The van der Waals surface area contributed by atoms with E-state index < -0.39 is 0 Å². The van der Waals surface area contributed by atoms with Gasteiger partial charge in [-0.3, -0.25) is 0 Å². The van der Waals surface area contributed by atoms with Gasteiger partial charge < -0.3 is 10.5 Å². The van der Waals surface area contributed by atoms with Crippen LogP contribution in [-0.4, -0.2) is 17.1 Å². The summed E-state index contributed by atoms with van der Waals surface area (Å²) in [5, 5.41) is 0. The Balaban J connectivity index is 1.96. The fourth-order valence-corrected chi connectivity index (χ4v) is 4.21. The summed E-state index contributed by atoms with van der Waals surface area (Å²) in [7, 11) is 0. The van der Waals surface area contributed by atoms with Crippen molar-refractivity contribution in [1.82, 2.24) is 0 Å². The second-order valence-corrected chi connectivity index (χ2v) is 6.81. The highest BCUT2D eigenvalue weighted by molar-refractivity contribution is 8.00. The molecule has 2 atom stereocenters. The average molecular weight is 249 g/mol. The number of para-hydroxylation sites is 1. The Labute approximate surface area is 107 Å². The molecule has 2 unspecified atom stereocenters. The molecule has 0 radical (unpaired) electrons. The van der Waals surface area contributed by atoms with Crippen LogP contribution in [0.25, 0.3) is 0 Å². The van der Waals surface area contributed by atoms with Crippen molar-refractivity contribution in [2.24, 2.45) is 5.73 Å². The van der Waals surface area contributed by atoms with Crippen LogP contribution in [0.5, 0.6) is 5.75 Å². The van der Waals surface area contributed by atoms with E-state index in [1.165, 1.54) is 29.7 Å². The van der Waals surface area contributed by atoms with Gasteiger partial charge in [0.1, 0.15) is 5.75 Å². The third kappa shape index (κ3) is 1.85. The zero-order valence-electron chi connectivity index (χ0n) is 10.2. The molecule has 2 nitrogen and oxygen atoms in total. The number of fused-ring (bicyclic) bond motifs is 1. The lowest BCUT2D eigenvalue weighted by Gasteiger charge is -2.31. The van der Waals surface area contributed by atoms with Gasteiger partial charge in [-0.15, -0.1) is 0 Å². The number of benzene rings is 1. The zero-order valence-corrected chi connectivity index (χ0v) is 11.1. The van der Waals surface area contributed by atoms with Crippen molar-refractivity contribution in [3.8, 4) is 5.75 Å². The number of nitrogens with two attached hydrogens (primary N) is 1. The van der Waals surface area contributed by atoms with Crippen LogP contribution in [0.3, 0.4) is 0 Å². The third-order valence-corrected chi connectivity index (χ3v) is 5.60. The van der Waals surface area contributed by atoms with Crippen LogP contribution >= 0.6 is 11.8 Å². The van der Waals surface area contributed by atoms with E-state index >= 15 is 0 Å². The summed E-state index contributed by atoms with van der Waals surface area (Å²) in [5.74, 6) is 2.30. The Morgan fingerprint density at radius 1 is 1.47 bits per heavy atom. The molecule has 1 aromatic carbocycles. The van der Waals surface area contributed by atoms with Crippen molar-refractivity contribution in [3.63, 3.8) is 0 Å². The molecular weight excluding hydrogens is 230 g/mol. The van der Waals surface area contributed by atoms with Crippen LogP contribution in [0.15, 0.2) is 18.2 Å². The van der Waals surface area contributed by atoms with Gasteiger partial charge in [-0.25, -0.2) is 0 Å². The highest BCUT2D eigenvalue weighted by atomic mass is 32.2. The first kappa shape index (κ1) is 11.4. The summed E-state index contributed by atoms with van der Waals surface area (Å²) >= 11 is 2.01. The average Bonchev–Trinajstić information content (AvgIpc) is 2.96. The molecule has 0 amide bonds. The van der Waals surface area contributed by atoms with Crippen LogP contribution in [0.2, 0.25) is 0 Å². The minimum atomic E-state index is 0.0862. The fourth-order valence-electron chi connectivity index (χ4n) is 2.86. The van der Waals surface area contributed by atoms with Crippen molar-refractivity contribution in [1.29, 1.82) is 0 Å². The predicted molar refractivity (Wildman–Crippen MR) is 72.7 cm³/mol. The predicted octanol–water partition coefficient (Wildman–Crippen LogP) is 2.91. The summed E-state index contributed by atoms with van der Waals surface area (Å²) in [4.78, 5) is 0. The fraction of sp³-hybridized carbons (Fsp3) is 0.571. The maximum Gasteiger partial charge on any atom is 0.127 e. The maximum absolute atomic E-state index is 6.51. The molecule has 92 valence electrons. The van der Waals surface area contributed by atoms with Gasteiger partial charge in [0.2, 0.25) is 0 Å². The van der Waals surface area contributed by atoms with Crippen LogP contribution in [0.4, 0.5) is 0 Å². The first-order valence-corrected chi connectivity index (χ1v) is 7.33.